The fraction of sp³-hybridized carbons (Fsp3) is 0.545. The molecular weight excluding hydrogens is 204 g/mol. The lowest BCUT2D eigenvalue weighted by Gasteiger charge is -2.22. The topological polar surface area (TPSA) is 70.8 Å². The number of nitrogens with zero attached hydrogens (tertiary/aromatic N) is 3. The predicted octanol–water partition coefficient (Wildman–Crippen LogP) is 1.19. The molecule has 1 aromatic rings. The van der Waals surface area contributed by atoms with Crippen LogP contribution in [0.1, 0.15) is 18.5 Å². The number of hydrogen-bond acceptors (Lipinski definition) is 5. The fourth-order valence-corrected chi connectivity index (χ4v) is 1.69. The van der Waals surface area contributed by atoms with Gasteiger partial charge < -0.3 is 10.1 Å². The number of aromatic nitrogens is 2. The molecule has 5 heteroatoms. The number of hydrogen-bond donors (Lipinski definition) is 1. The Morgan fingerprint density at radius 1 is 1.50 bits per heavy atom. The molecule has 0 aromatic carbocycles. The van der Waals surface area contributed by atoms with Crippen molar-refractivity contribution in [1.82, 2.24) is 9.97 Å². The van der Waals surface area contributed by atoms with E-state index in [0.29, 0.717) is 17.4 Å². The molecule has 1 N–H and O–H groups in total. The van der Waals surface area contributed by atoms with Crippen molar-refractivity contribution in [3.05, 3.63) is 18.1 Å². The Morgan fingerprint density at radius 2 is 2.44 bits per heavy atom. The summed E-state index contributed by atoms with van der Waals surface area (Å²) in [6.45, 7) is 2.55. The lowest BCUT2D eigenvalue weighted by molar-refractivity contribution is 0.0595. The fourth-order valence-electron chi connectivity index (χ4n) is 1.69. The van der Waals surface area contributed by atoms with Crippen LogP contribution in [0.4, 0.5) is 5.82 Å². The van der Waals surface area contributed by atoms with Gasteiger partial charge in [-0.3, -0.25) is 0 Å². The van der Waals surface area contributed by atoms with Gasteiger partial charge in [-0.25, -0.2) is 9.97 Å². The zero-order chi connectivity index (χ0) is 11.2. The highest BCUT2D eigenvalue weighted by molar-refractivity contribution is 5.33. The first-order valence-electron chi connectivity index (χ1n) is 5.42. The van der Waals surface area contributed by atoms with E-state index in [2.05, 4.69) is 15.3 Å². The van der Waals surface area contributed by atoms with Crippen LogP contribution in [0, 0.1) is 17.2 Å². The maximum atomic E-state index is 8.57. The Morgan fingerprint density at radius 3 is 3.06 bits per heavy atom. The summed E-state index contributed by atoms with van der Waals surface area (Å²) < 4.78 is 5.39. The van der Waals surface area contributed by atoms with Gasteiger partial charge in [0.15, 0.2) is 5.69 Å². The second-order valence-electron chi connectivity index (χ2n) is 3.86. The Bertz CT molecular complexity index is 365. The van der Waals surface area contributed by atoms with Crippen molar-refractivity contribution in [3.63, 3.8) is 0 Å². The minimum Gasteiger partial charge on any atom is -0.381 e. The summed E-state index contributed by atoms with van der Waals surface area (Å²) in [5.74, 6) is 1.26. The van der Waals surface area contributed by atoms with E-state index in [0.717, 1.165) is 26.2 Å². The molecule has 0 radical (unpaired) electrons. The summed E-state index contributed by atoms with van der Waals surface area (Å²) in [5, 5.41) is 11.8. The van der Waals surface area contributed by atoms with Crippen LogP contribution in [0.5, 0.6) is 0 Å². The average Bonchev–Trinajstić information content (AvgIpc) is 2.38. The molecule has 16 heavy (non-hydrogen) atoms. The molecule has 1 atom stereocenters. The summed E-state index contributed by atoms with van der Waals surface area (Å²) in [6, 6.07) is 1.94. The standard InChI is InChI=1S/C11H14N4O/c12-4-10-6-15-11(7-13-10)14-5-9-2-1-3-16-8-9/h6-7,9H,1-3,5,8H2,(H,14,15). The monoisotopic (exact) mass is 218 g/mol. The van der Waals surface area contributed by atoms with E-state index in [4.69, 9.17) is 10.00 Å². The first-order valence-corrected chi connectivity index (χ1v) is 5.42. The molecule has 5 nitrogen and oxygen atoms in total. The van der Waals surface area contributed by atoms with E-state index in [9.17, 15) is 0 Å². The molecule has 2 heterocycles. The molecule has 1 unspecified atom stereocenters. The van der Waals surface area contributed by atoms with Crippen LogP contribution in [0.25, 0.3) is 0 Å². The summed E-state index contributed by atoms with van der Waals surface area (Å²) in [7, 11) is 0. The highest BCUT2D eigenvalue weighted by Crippen LogP contribution is 2.13. The van der Waals surface area contributed by atoms with Gasteiger partial charge >= 0.3 is 0 Å². The van der Waals surface area contributed by atoms with Crippen LogP contribution in [0.3, 0.4) is 0 Å². The van der Waals surface area contributed by atoms with Gasteiger partial charge in [-0.1, -0.05) is 0 Å². The minimum absolute atomic E-state index is 0.339. The minimum atomic E-state index is 0.339. The van der Waals surface area contributed by atoms with Crippen LogP contribution in [0.2, 0.25) is 0 Å². The van der Waals surface area contributed by atoms with Gasteiger partial charge in [0.05, 0.1) is 19.0 Å². The van der Waals surface area contributed by atoms with E-state index in [1.807, 2.05) is 6.07 Å². The van der Waals surface area contributed by atoms with Crippen LogP contribution in [-0.4, -0.2) is 29.7 Å². The van der Waals surface area contributed by atoms with Crippen molar-refractivity contribution in [1.29, 1.82) is 5.26 Å². The maximum Gasteiger partial charge on any atom is 0.158 e. The second-order valence-corrected chi connectivity index (χ2v) is 3.86. The lowest BCUT2D eigenvalue weighted by Crippen LogP contribution is -2.24. The highest BCUT2D eigenvalue weighted by Gasteiger charge is 2.13. The molecule has 1 fully saturated rings. The lowest BCUT2D eigenvalue weighted by atomic mass is 10.0. The number of nitrogens with one attached hydrogen (secondary N) is 1. The van der Waals surface area contributed by atoms with Crippen molar-refractivity contribution in [2.24, 2.45) is 5.92 Å². The smallest absolute Gasteiger partial charge is 0.158 e. The van der Waals surface area contributed by atoms with E-state index in [1.165, 1.54) is 12.6 Å². The third-order valence-corrected chi connectivity index (χ3v) is 2.59. The zero-order valence-corrected chi connectivity index (χ0v) is 9.02. The highest BCUT2D eigenvalue weighted by atomic mass is 16.5. The number of anilines is 1. The van der Waals surface area contributed by atoms with Crippen molar-refractivity contribution in [3.8, 4) is 6.07 Å². The quantitative estimate of drug-likeness (QED) is 0.825. The summed E-state index contributed by atoms with van der Waals surface area (Å²) >= 11 is 0. The van der Waals surface area contributed by atoms with Gasteiger partial charge in [0, 0.05) is 13.2 Å². The Hall–Kier alpha value is -1.67. The van der Waals surface area contributed by atoms with E-state index in [1.54, 1.807) is 6.20 Å². The molecule has 0 spiro atoms. The molecule has 0 amide bonds. The van der Waals surface area contributed by atoms with Crippen molar-refractivity contribution in [2.45, 2.75) is 12.8 Å². The second kappa shape index (κ2) is 5.42. The largest absolute Gasteiger partial charge is 0.381 e. The van der Waals surface area contributed by atoms with Crippen molar-refractivity contribution < 1.29 is 4.74 Å². The molecular formula is C11H14N4O. The van der Waals surface area contributed by atoms with Crippen LogP contribution in [0.15, 0.2) is 12.4 Å². The maximum absolute atomic E-state index is 8.57. The Balaban J connectivity index is 1.82. The van der Waals surface area contributed by atoms with E-state index < -0.39 is 0 Å². The number of nitriles is 1. The summed E-state index contributed by atoms with van der Waals surface area (Å²) in [6.07, 6.45) is 5.38. The Labute approximate surface area is 94.5 Å². The third kappa shape index (κ3) is 2.91. The van der Waals surface area contributed by atoms with Gasteiger partial charge in [0.25, 0.3) is 0 Å². The predicted molar refractivity (Wildman–Crippen MR) is 58.8 cm³/mol. The van der Waals surface area contributed by atoms with Gasteiger partial charge in [-0.05, 0) is 18.8 Å². The van der Waals surface area contributed by atoms with Crippen LogP contribution in [-0.2, 0) is 4.74 Å². The molecule has 1 aliphatic rings. The number of ether oxygens (including phenoxy) is 1. The molecule has 1 aliphatic heterocycles. The van der Waals surface area contributed by atoms with Gasteiger partial charge in [-0.2, -0.15) is 5.26 Å². The van der Waals surface area contributed by atoms with Crippen molar-refractivity contribution >= 4 is 5.82 Å². The summed E-state index contributed by atoms with van der Waals surface area (Å²) in [5.41, 5.74) is 0.339. The molecule has 0 bridgehead atoms. The molecule has 1 saturated heterocycles. The normalized spacial score (nSPS) is 20.1. The summed E-state index contributed by atoms with van der Waals surface area (Å²) in [4.78, 5) is 8.04. The molecule has 2 rings (SSSR count). The third-order valence-electron chi connectivity index (χ3n) is 2.59. The van der Waals surface area contributed by atoms with Gasteiger partial charge in [-0.15, -0.1) is 0 Å². The van der Waals surface area contributed by atoms with Crippen LogP contribution < -0.4 is 5.32 Å². The molecule has 0 aliphatic carbocycles. The first-order chi connectivity index (χ1) is 7.88. The molecule has 1 aromatic heterocycles. The number of rotatable bonds is 3. The molecule has 0 saturated carbocycles. The van der Waals surface area contributed by atoms with E-state index in [-0.39, 0.29) is 0 Å². The van der Waals surface area contributed by atoms with Gasteiger partial charge in [0.2, 0.25) is 0 Å². The van der Waals surface area contributed by atoms with Crippen LogP contribution >= 0.6 is 0 Å². The zero-order valence-electron chi connectivity index (χ0n) is 9.02. The van der Waals surface area contributed by atoms with Crippen molar-refractivity contribution in [2.75, 3.05) is 25.1 Å². The molecule has 84 valence electrons. The average molecular weight is 218 g/mol. The SMILES string of the molecule is N#Cc1cnc(NCC2CCCOC2)cn1. The first kappa shape index (κ1) is 10.8. The van der Waals surface area contributed by atoms with Gasteiger partial charge in [0.1, 0.15) is 11.9 Å². The van der Waals surface area contributed by atoms with E-state index >= 15 is 0 Å². The Kier molecular flexibility index (Phi) is 3.67.